The number of nitrogens with one attached hydrogen (secondary N) is 2. The van der Waals surface area contributed by atoms with Crippen LogP contribution >= 0.6 is 0 Å². The molecule has 0 aliphatic carbocycles. The Morgan fingerprint density at radius 2 is 1.83 bits per heavy atom. The van der Waals surface area contributed by atoms with Gasteiger partial charge in [0.2, 0.25) is 11.8 Å². The van der Waals surface area contributed by atoms with E-state index >= 15 is 0 Å². The van der Waals surface area contributed by atoms with Gasteiger partial charge in [-0.05, 0) is 36.1 Å². The lowest BCUT2D eigenvalue weighted by Crippen LogP contribution is -2.47. The zero-order chi connectivity index (χ0) is 17.7. The molecule has 2 rings (SSSR count). The van der Waals surface area contributed by atoms with Gasteiger partial charge < -0.3 is 10.6 Å². The van der Waals surface area contributed by atoms with Gasteiger partial charge in [-0.25, -0.2) is 0 Å². The molecule has 2 aromatic rings. The van der Waals surface area contributed by atoms with Crippen molar-refractivity contribution in [3.63, 3.8) is 0 Å². The SMILES string of the molecule is CC(C)CC(=O)NC(C(=O)Nc1cccc2ncccc12)C(C)C. The number of hydrogen-bond acceptors (Lipinski definition) is 3. The first-order chi connectivity index (χ1) is 11.4. The van der Waals surface area contributed by atoms with Crippen LogP contribution in [-0.4, -0.2) is 22.8 Å². The molecule has 5 nitrogen and oxygen atoms in total. The molecule has 0 aliphatic rings. The van der Waals surface area contributed by atoms with Crippen molar-refractivity contribution in [2.45, 2.75) is 40.2 Å². The number of aromatic nitrogens is 1. The number of hydrogen-bond donors (Lipinski definition) is 2. The van der Waals surface area contributed by atoms with Crippen molar-refractivity contribution in [2.24, 2.45) is 11.8 Å². The molecule has 1 aromatic carbocycles. The summed E-state index contributed by atoms with van der Waals surface area (Å²) in [7, 11) is 0. The Bertz CT molecular complexity index is 720. The molecule has 1 atom stereocenters. The summed E-state index contributed by atoms with van der Waals surface area (Å²) in [6, 6.07) is 8.78. The Morgan fingerprint density at radius 1 is 1.08 bits per heavy atom. The third-order valence-electron chi connectivity index (χ3n) is 3.76. The minimum Gasteiger partial charge on any atom is -0.344 e. The summed E-state index contributed by atoms with van der Waals surface area (Å²) >= 11 is 0. The van der Waals surface area contributed by atoms with Crippen LogP contribution in [-0.2, 0) is 9.59 Å². The number of anilines is 1. The highest BCUT2D eigenvalue weighted by atomic mass is 16.2. The average molecular weight is 327 g/mol. The quantitative estimate of drug-likeness (QED) is 0.854. The number of rotatable bonds is 6. The average Bonchev–Trinajstić information content (AvgIpc) is 2.52. The van der Waals surface area contributed by atoms with Crippen molar-refractivity contribution in [1.29, 1.82) is 0 Å². The molecular weight excluding hydrogens is 302 g/mol. The second-order valence-corrected chi connectivity index (χ2v) is 6.75. The van der Waals surface area contributed by atoms with Crippen molar-refractivity contribution in [2.75, 3.05) is 5.32 Å². The minimum absolute atomic E-state index is 0.00536. The molecule has 24 heavy (non-hydrogen) atoms. The molecule has 0 aliphatic heterocycles. The second kappa shape index (κ2) is 7.90. The van der Waals surface area contributed by atoms with E-state index in [4.69, 9.17) is 0 Å². The van der Waals surface area contributed by atoms with Crippen LogP contribution in [0.4, 0.5) is 5.69 Å². The highest BCUT2D eigenvalue weighted by Gasteiger charge is 2.24. The number of amides is 2. The van der Waals surface area contributed by atoms with Gasteiger partial charge in [-0.3, -0.25) is 14.6 Å². The Labute approximate surface area is 142 Å². The normalized spacial score (nSPS) is 12.4. The number of pyridine rings is 1. The molecule has 5 heteroatoms. The zero-order valence-electron chi connectivity index (χ0n) is 14.7. The molecule has 0 saturated carbocycles. The summed E-state index contributed by atoms with van der Waals surface area (Å²) in [6.45, 7) is 7.80. The van der Waals surface area contributed by atoms with Crippen LogP contribution in [0.3, 0.4) is 0 Å². The fraction of sp³-hybridized carbons (Fsp3) is 0.421. The van der Waals surface area contributed by atoms with Gasteiger partial charge in [0.15, 0.2) is 0 Å². The smallest absolute Gasteiger partial charge is 0.247 e. The Morgan fingerprint density at radius 3 is 2.50 bits per heavy atom. The lowest BCUT2D eigenvalue weighted by Gasteiger charge is -2.22. The number of carbonyl (C=O) groups excluding carboxylic acids is 2. The molecule has 128 valence electrons. The van der Waals surface area contributed by atoms with E-state index in [9.17, 15) is 9.59 Å². The number of benzene rings is 1. The lowest BCUT2D eigenvalue weighted by atomic mass is 10.0. The zero-order valence-corrected chi connectivity index (χ0v) is 14.7. The van der Waals surface area contributed by atoms with Crippen LogP contribution < -0.4 is 10.6 Å². The Kier molecular flexibility index (Phi) is 5.90. The van der Waals surface area contributed by atoms with E-state index in [0.717, 1.165) is 10.9 Å². The van der Waals surface area contributed by atoms with E-state index in [1.165, 1.54) is 0 Å². The van der Waals surface area contributed by atoms with Crippen LogP contribution in [0.25, 0.3) is 10.9 Å². The van der Waals surface area contributed by atoms with Crippen molar-refractivity contribution in [3.8, 4) is 0 Å². The van der Waals surface area contributed by atoms with E-state index in [1.54, 1.807) is 6.20 Å². The molecule has 2 N–H and O–H groups in total. The van der Waals surface area contributed by atoms with Crippen LogP contribution in [0.2, 0.25) is 0 Å². The predicted octanol–water partition coefficient (Wildman–Crippen LogP) is 3.36. The minimum atomic E-state index is -0.567. The maximum Gasteiger partial charge on any atom is 0.247 e. The molecule has 0 fully saturated rings. The van der Waals surface area contributed by atoms with Crippen LogP contribution in [0, 0.1) is 11.8 Å². The van der Waals surface area contributed by atoms with Gasteiger partial charge in [-0.15, -0.1) is 0 Å². The highest BCUT2D eigenvalue weighted by molar-refractivity contribution is 6.03. The monoisotopic (exact) mass is 327 g/mol. The van der Waals surface area contributed by atoms with Gasteiger partial charge in [0.1, 0.15) is 6.04 Å². The maximum absolute atomic E-state index is 12.7. The van der Waals surface area contributed by atoms with Crippen molar-refractivity contribution >= 4 is 28.4 Å². The first kappa shape index (κ1) is 17.9. The van der Waals surface area contributed by atoms with Crippen molar-refractivity contribution < 1.29 is 9.59 Å². The maximum atomic E-state index is 12.7. The summed E-state index contributed by atoms with van der Waals surface area (Å²) in [4.78, 5) is 29.0. The third-order valence-corrected chi connectivity index (χ3v) is 3.76. The fourth-order valence-electron chi connectivity index (χ4n) is 2.56. The van der Waals surface area contributed by atoms with E-state index < -0.39 is 6.04 Å². The molecule has 1 aromatic heterocycles. The number of nitrogens with zero attached hydrogens (tertiary/aromatic N) is 1. The van der Waals surface area contributed by atoms with Gasteiger partial charge >= 0.3 is 0 Å². The largest absolute Gasteiger partial charge is 0.344 e. The predicted molar refractivity (Wildman–Crippen MR) is 96.6 cm³/mol. The molecule has 0 saturated heterocycles. The second-order valence-electron chi connectivity index (χ2n) is 6.75. The molecule has 0 radical (unpaired) electrons. The van der Waals surface area contributed by atoms with Crippen molar-refractivity contribution in [1.82, 2.24) is 10.3 Å². The standard InChI is InChI=1S/C19H25N3O2/c1-12(2)11-17(23)22-18(13(3)4)19(24)21-16-9-5-8-15-14(16)7-6-10-20-15/h5-10,12-13,18H,11H2,1-4H3,(H,21,24)(H,22,23). The molecule has 0 bridgehead atoms. The van der Waals surface area contributed by atoms with Crippen molar-refractivity contribution in [3.05, 3.63) is 36.5 Å². The van der Waals surface area contributed by atoms with Crippen LogP contribution in [0.1, 0.15) is 34.1 Å². The summed E-state index contributed by atoms with van der Waals surface area (Å²) in [6.07, 6.45) is 2.13. The van der Waals surface area contributed by atoms with Gasteiger partial charge in [-0.1, -0.05) is 33.8 Å². The van der Waals surface area contributed by atoms with Gasteiger partial charge in [0.25, 0.3) is 0 Å². The number of fused-ring (bicyclic) bond motifs is 1. The first-order valence-electron chi connectivity index (χ1n) is 8.32. The van der Waals surface area contributed by atoms with E-state index in [-0.39, 0.29) is 23.7 Å². The topological polar surface area (TPSA) is 71.1 Å². The first-order valence-corrected chi connectivity index (χ1v) is 8.32. The van der Waals surface area contributed by atoms with Crippen LogP contribution in [0.5, 0.6) is 0 Å². The van der Waals surface area contributed by atoms with Gasteiger partial charge in [-0.2, -0.15) is 0 Å². The summed E-state index contributed by atoms with van der Waals surface area (Å²) < 4.78 is 0. The van der Waals surface area contributed by atoms with E-state index in [2.05, 4.69) is 15.6 Å². The Hall–Kier alpha value is -2.43. The number of carbonyl (C=O) groups is 2. The van der Waals surface area contributed by atoms with Gasteiger partial charge in [0.05, 0.1) is 11.2 Å². The third kappa shape index (κ3) is 4.54. The molecular formula is C19H25N3O2. The molecule has 2 amide bonds. The van der Waals surface area contributed by atoms with Crippen LogP contribution in [0.15, 0.2) is 36.5 Å². The molecule has 0 spiro atoms. The lowest BCUT2D eigenvalue weighted by molar-refractivity contribution is -0.127. The highest BCUT2D eigenvalue weighted by Crippen LogP contribution is 2.22. The molecule has 1 unspecified atom stereocenters. The summed E-state index contributed by atoms with van der Waals surface area (Å²) in [5.74, 6) is -0.0591. The van der Waals surface area contributed by atoms with Gasteiger partial charge in [0, 0.05) is 18.0 Å². The van der Waals surface area contributed by atoms with E-state index in [0.29, 0.717) is 12.1 Å². The summed E-state index contributed by atoms with van der Waals surface area (Å²) in [5, 5.41) is 6.66. The fourth-order valence-corrected chi connectivity index (χ4v) is 2.56. The summed E-state index contributed by atoms with van der Waals surface area (Å²) in [5.41, 5.74) is 1.52. The Balaban J connectivity index is 2.16. The van der Waals surface area contributed by atoms with E-state index in [1.807, 2.05) is 58.0 Å². The molecule has 1 heterocycles.